The summed E-state index contributed by atoms with van der Waals surface area (Å²) in [6.07, 6.45) is 4.23. The number of carbonyl (C=O) groups is 1. The monoisotopic (exact) mass is 212 g/mol. The van der Waals surface area contributed by atoms with Gasteiger partial charge in [-0.1, -0.05) is 19.8 Å². The summed E-state index contributed by atoms with van der Waals surface area (Å²) in [5, 5.41) is 0. The molecule has 0 saturated heterocycles. The van der Waals surface area contributed by atoms with E-state index < -0.39 is 0 Å². The van der Waals surface area contributed by atoms with Gasteiger partial charge in [0.05, 0.1) is 12.2 Å². The Morgan fingerprint density at radius 2 is 2.27 bits per heavy atom. The van der Waals surface area contributed by atoms with Crippen molar-refractivity contribution in [1.29, 1.82) is 0 Å². The number of hydrogen-bond acceptors (Lipinski definition) is 3. The third-order valence-corrected chi connectivity index (χ3v) is 2.60. The van der Waals surface area contributed by atoms with E-state index >= 15 is 0 Å². The second-order valence-electron chi connectivity index (χ2n) is 3.84. The van der Waals surface area contributed by atoms with E-state index in [2.05, 4.69) is 6.92 Å². The lowest BCUT2D eigenvalue weighted by Gasteiger charge is -2.09. The van der Waals surface area contributed by atoms with Crippen LogP contribution in [0.25, 0.3) is 0 Å². The smallest absolute Gasteiger partial charge is 0.337 e. The van der Waals surface area contributed by atoms with E-state index in [1.54, 1.807) is 0 Å². The van der Waals surface area contributed by atoms with Gasteiger partial charge in [-0.2, -0.15) is 0 Å². The van der Waals surface area contributed by atoms with Crippen LogP contribution in [-0.2, 0) is 14.3 Å². The van der Waals surface area contributed by atoms with E-state index in [9.17, 15) is 4.79 Å². The molecule has 1 aliphatic rings. The summed E-state index contributed by atoms with van der Waals surface area (Å²) in [6, 6.07) is 0. The summed E-state index contributed by atoms with van der Waals surface area (Å²) in [7, 11) is 0. The quantitative estimate of drug-likeness (QED) is 0.657. The van der Waals surface area contributed by atoms with Gasteiger partial charge in [-0.05, 0) is 20.3 Å². The van der Waals surface area contributed by atoms with Crippen molar-refractivity contribution >= 4 is 5.97 Å². The predicted molar refractivity (Wildman–Crippen MR) is 58.3 cm³/mol. The Kier molecular flexibility index (Phi) is 4.66. The molecule has 0 bridgehead atoms. The van der Waals surface area contributed by atoms with Gasteiger partial charge >= 0.3 is 5.97 Å². The summed E-state index contributed by atoms with van der Waals surface area (Å²) in [4.78, 5) is 11.5. The van der Waals surface area contributed by atoms with Gasteiger partial charge in [-0.15, -0.1) is 0 Å². The minimum Gasteiger partial charge on any atom is -0.494 e. The fourth-order valence-corrected chi connectivity index (χ4v) is 1.77. The van der Waals surface area contributed by atoms with Crippen LogP contribution in [0.1, 0.15) is 46.5 Å². The summed E-state index contributed by atoms with van der Waals surface area (Å²) in [5.41, 5.74) is 0.720. The number of ether oxygens (including phenoxy) is 2. The first-order valence-corrected chi connectivity index (χ1v) is 5.72. The third-order valence-electron chi connectivity index (χ3n) is 2.60. The third kappa shape index (κ3) is 3.26. The lowest BCUT2D eigenvalue weighted by Crippen LogP contribution is -2.10. The molecular weight excluding hydrogens is 192 g/mol. The molecule has 0 fully saturated rings. The van der Waals surface area contributed by atoms with E-state index in [1.807, 2.05) is 13.8 Å². The van der Waals surface area contributed by atoms with E-state index in [0.29, 0.717) is 13.0 Å². The zero-order chi connectivity index (χ0) is 11.3. The Hall–Kier alpha value is -0.990. The highest BCUT2D eigenvalue weighted by molar-refractivity contribution is 5.89. The fourth-order valence-electron chi connectivity index (χ4n) is 1.77. The Morgan fingerprint density at radius 1 is 1.53 bits per heavy atom. The van der Waals surface area contributed by atoms with Gasteiger partial charge in [0, 0.05) is 6.42 Å². The van der Waals surface area contributed by atoms with Gasteiger partial charge in [0.1, 0.15) is 11.9 Å². The molecule has 0 aliphatic carbocycles. The maximum absolute atomic E-state index is 11.5. The molecule has 1 unspecified atom stereocenters. The maximum atomic E-state index is 11.5. The van der Waals surface area contributed by atoms with Crippen molar-refractivity contribution in [3.8, 4) is 0 Å². The molecule has 3 heteroatoms. The maximum Gasteiger partial charge on any atom is 0.337 e. The van der Waals surface area contributed by atoms with Crippen molar-refractivity contribution < 1.29 is 14.3 Å². The lowest BCUT2D eigenvalue weighted by molar-refractivity contribution is -0.138. The molecule has 0 aromatic rings. The van der Waals surface area contributed by atoms with E-state index in [-0.39, 0.29) is 12.1 Å². The molecule has 0 saturated carbocycles. The van der Waals surface area contributed by atoms with Crippen LogP contribution in [0.3, 0.4) is 0 Å². The van der Waals surface area contributed by atoms with Gasteiger partial charge in [-0.3, -0.25) is 0 Å². The first kappa shape index (κ1) is 12.1. The normalized spacial score (nSPS) is 20.3. The van der Waals surface area contributed by atoms with Crippen LogP contribution in [0.15, 0.2) is 11.3 Å². The van der Waals surface area contributed by atoms with Crippen LogP contribution >= 0.6 is 0 Å². The van der Waals surface area contributed by atoms with Gasteiger partial charge in [-0.25, -0.2) is 4.79 Å². The first-order chi connectivity index (χ1) is 7.19. The standard InChI is InChI=1S/C12H20O3/c1-4-6-7-10-8-11(9(3)15-10)12(13)14-5-2/h10H,4-8H2,1-3H3. The van der Waals surface area contributed by atoms with Crippen molar-refractivity contribution in [2.24, 2.45) is 0 Å². The van der Waals surface area contributed by atoms with E-state index in [1.165, 1.54) is 0 Å². The van der Waals surface area contributed by atoms with Crippen LogP contribution in [0, 0.1) is 0 Å². The van der Waals surface area contributed by atoms with Crippen LogP contribution in [-0.4, -0.2) is 18.7 Å². The number of esters is 1. The molecule has 15 heavy (non-hydrogen) atoms. The summed E-state index contributed by atoms with van der Waals surface area (Å²) >= 11 is 0. The van der Waals surface area contributed by atoms with Crippen molar-refractivity contribution in [3.05, 3.63) is 11.3 Å². The van der Waals surface area contributed by atoms with Crippen LogP contribution < -0.4 is 0 Å². The summed E-state index contributed by atoms with van der Waals surface area (Å²) < 4.78 is 10.6. The molecule has 1 aliphatic heterocycles. The molecule has 1 heterocycles. The Balaban J connectivity index is 2.46. The van der Waals surface area contributed by atoms with Gasteiger partial charge in [0.15, 0.2) is 0 Å². The SMILES string of the molecule is CCCCC1CC(C(=O)OCC)=C(C)O1. The molecule has 0 amide bonds. The Morgan fingerprint density at radius 3 is 2.87 bits per heavy atom. The van der Waals surface area contributed by atoms with Gasteiger partial charge in [0.25, 0.3) is 0 Å². The summed E-state index contributed by atoms with van der Waals surface area (Å²) in [5.74, 6) is 0.531. The number of carbonyl (C=O) groups excluding carboxylic acids is 1. The molecule has 3 nitrogen and oxygen atoms in total. The van der Waals surface area contributed by atoms with Crippen LogP contribution in [0.2, 0.25) is 0 Å². The highest BCUT2D eigenvalue weighted by Crippen LogP contribution is 2.28. The van der Waals surface area contributed by atoms with Crippen LogP contribution in [0.5, 0.6) is 0 Å². The number of hydrogen-bond donors (Lipinski definition) is 0. The van der Waals surface area contributed by atoms with E-state index in [0.717, 1.165) is 30.6 Å². The van der Waals surface area contributed by atoms with Crippen molar-refractivity contribution in [3.63, 3.8) is 0 Å². The Bertz CT molecular complexity index is 256. The molecule has 0 spiro atoms. The highest BCUT2D eigenvalue weighted by Gasteiger charge is 2.27. The molecule has 0 N–H and O–H groups in total. The average molecular weight is 212 g/mol. The number of unbranched alkanes of at least 4 members (excludes halogenated alkanes) is 1. The minimum absolute atomic E-state index is 0.185. The molecule has 0 aromatic heterocycles. The van der Waals surface area contributed by atoms with Gasteiger partial charge in [0.2, 0.25) is 0 Å². The number of allylic oxidation sites excluding steroid dienone is 1. The van der Waals surface area contributed by atoms with Crippen LogP contribution in [0.4, 0.5) is 0 Å². The topological polar surface area (TPSA) is 35.5 Å². The average Bonchev–Trinajstić information content (AvgIpc) is 2.57. The molecule has 0 aromatic carbocycles. The molecule has 86 valence electrons. The Labute approximate surface area is 91.4 Å². The second-order valence-corrected chi connectivity index (χ2v) is 3.84. The van der Waals surface area contributed by atoms with Crippen molar-refractivity contribution in [1.82, 2.24) is 0 Å². The summed E-state index contributed by atoms with van der Waals surface area (Å²) in [6.45, 7) is 6.24. The highest BCUT2D eigenvalue weighted by atomic mass is 16.5. The molecule has 0 radical (unpaired) electrons. The van der Waals surface area contributed by atoms with Gasteiger partial charge < -0.3 is 9.47 Å². The van der Waals surface area contributed by atoms with Crippen molar-refractivity contribution in [2.45, 2.75) is 52.6 Å². The number of rotatable bonds is 5. The van der Waals surface area contributed by atoms with E-state index in [4.69, 9.17) is 9.47 Å². The zero-order valence-corrected chi connectivity index (χ0v) is 9.84. The minimum atomic E-state index is -0.214. The first-order valence-electron chi connectivity index (χ1n) is 5.72. The molecule has 1 atom stereocenters. The molecule has 1 rings (SSSR count). The largest absolute Gasteiger partial charge is 0.494 e. The molecular formula is C12H20O3. The second kappa shape index (κ2) is 5.79. The fraction of sp³-hybridized carbons (Fsp3) is 0.750. The lowest BCUT2D eigenvalue weighted by atomic mass is 10.1. The zero-order valence-electron chi connectivity index (χ0n) is 9.84. The predicted octanol–water partition coefficient (Wildman–Crippen LogP) is 2.80. The van der Waals surface area contributed by atoms with Crippen molar-refractivity contribution in [2.75, 3.05) is 6.61 Å².